The van der Waals surface area contributed by atoms with Gasteiger partial charge in [0.1, 0.15) is 5.75 Å². The number of methoxy groups -OCH3 is 1. The molecule has 146 valence electrons. The Hall–Kier alpha value is -2.33. The molecule has 0 saturated carbocycles. The van der Waals surface area contributed by atoms with Crippen LogP contribution in [0.3, 0.4) is 0 Å². The summed E-state index contributed by atoms with van der Waals surface area (Å²) in [6.07, 6.45) is 0.493. The lowest BCUT2D eigenvalue weighted by molar-refractivity contribution is -0.121. The van der Waals surface area contributed by atoms with E-state index in [0.717, 1.165) is 24.4 Å². The van der Waals surface area contributed by atoms with Crippen LogP contribution < -0.4 is 10.1 Å². The molecular weight excluding hydrogens is 336 g/mol. The first-order valence-corrected chi connectivity index (χ1v) is 9.78. The van der Waals surface area contributed by atoms with Gasteiger partial charge in [-0.25, -0.2) is 0 Å². The van der Waals surface area contributed by atoms with Crippen LogP contribution in [0.4, 0.5) is 0 Å². The Labute approximate surface area is 163 Å². The fourth-order valence-electron chi connectivity index (χ4n) is 3.43. The molecule has 0 aliphatic heterocycles. The van der Waals surface area contributed by atoms with Crippen molar-refractivity contribution < 1.29 is 9.53 Å². The second kappa shape index (κ2) is 10.7. The average Bonchev–Trinajstić information content (AvgIpc) is 2.71. The molecule has 0 bridgehead atoms. The maximum absolute atomic E-state index is 12.5. The molecule has 4 heteroatoms. The van der Waals surface area contributed by atoms with Crippen LogP contribution in [0.15, 0.2) is 54.6 Å². The van der Waals surface area contributed by atoms with Crippen LogP contribution in [-0.2, 0) is 4.79 Å². The largest absolute Gasteiger partial charge is 0.497 e. The molecule has 2 rings (SSSR count). The van der Waals surface area contributed by atoms with Crippen molar-refractivity contribution in [1.82, 2.24) is 10.2 Å². The fourth-order valence-corrected chi connectivity index (χ4v) is 3.43. The minimum atomic E-state index is 0.0893. The van der Waals surface area contributed by atoms with Gasteiger partial charge in [-0.1, -0.05) is 63.2 Å². The standard InChI is InChI=1S/C23H32N2O2/c1-5-25(6-2)22(20-13-10-14-21(16-20)27-4)17-24-23(26)15-18(3)19-11-8-7-9-12-19/h7-14,16,18,22H,5-6,15,17H2,1-4H3,(H,24,26). The van der Waals surface area contributed by atoms with Gasteiger partial charge in [-0.05, 0) is 42.3 Å². The third kappa shape index (κ3) is 6.10. The lowest BCUT2D eigenvalue weighted by Gasteiger charge is -2.30. The molecule has 2 unspecified atom stereocenters. The molecule has 27 heavy (non-hydrogen) atoms. The first-order valence-electron chi connectivity index (χ1n) is 9.78. The van der Waals surface area contributed by atoms with Crippen molar-refractivity contribution in [3.05, 3.63) is 65.7 Å². The molecule has 0 saturated heterocycles. The first kappa shape index (κ1) is 21.0. The quantitative estimate of drug-likeness (QED) is 0.676. The minimum absolute atomic E-state index is 0.0893. The molecule has 0 aliphatic rings. The van der Waals surface area contributed by atoms with Crippen LogP contribution in [0.25, 0.3) is 0 Å². The zero-order chi connectivity index (χ0) is 19.6. The molecular formula is C23H32N2O2. The van der Waals surface area contributed by atoms with Gasteiger partial charge in [0.25, 0.3) is 0 Å². The molecule has 2 atom stereocenters. The van der Waals surface area contributed by atoms with E-state index in [0.29, 0.717) is 13.0 Å². The molecule has 0 radical (unpaired) electrons. The Morgan fingerprint density at radius 1 is 1.04 bits per heavy atom. The van der Waals surface area contributed by atoms with Gasteiger partial charge in [-0.3, -0.25) is 9.69 Å². The Morgan fingerprint density at radius 3 is 2.33 bits per heavy atom. The number of carbonyl (C=O) groups is 1. The molecule has 0 aliphatic carbocycles. The highest BCUT2D eigenvalue weighted by Crippen LogP contribution is 2.24. The number of benzene rings is 2. The summed E-state index contributed by atoms with van der Waals surface area (Å²) >= 11 is 0. The van der Waals surface area contributed by atoms with E-state index in [1.54, 1.807) is 7.11 Å². The van der Waals surface area contributed by atoms with E-state index in [2.05, 4.69) is 55.3 Å². The van der Waals surface area contributed by atoms with Crippen LogP contribution in [0, 0.1) is 0 Å². The summed E-state index contributed by atoms with van der Waals surface area (Å²) in [7, 11) is 1.68. The molecule has 0 fully saturated rings. The second-order valence-corrected chi connectivity index (χ2v) is 6.83. The van der Waals surface area contributed by atoms with Gasteiger partial charge >= 0.3 is 0 Å². The van der Waals surface area contributed by atoms with E-state index >= 15 is 0 Å². The van der Waals surface area contributed by atoms with Crippen molar-refractivity contribution in [2.24, 2.45) is 0 Å². The molecule has 1 N–H and O–H groups in total. The minimum Gasteiger partial charge on any atom is -0.497 e. The van der Waals surface area contributed by atoms with Gasteiger partial charge < -0.3 is 10.1 Å². The Bertz CT molecular complexity index is 699. The number of amides is 1. The highest BCUT2D eigenvalue weighted by atomic mass is 16.5. The van der Waals surface area contributed by atoms with E-state index in [1.165, 1.54) is 5.56 Å². The van der Waals surface area contributed by atoms with Crippen molar-refractivity contribution in [2.45, 2.75) is 39.2 Å². The predicted octanol–water partition coefficient (Wildman–Crippen LogP) is 4.39. The van der Waals surface area contributed by atoms with Gasteiger partial charge in [0.05, 0.1) is 13.2 Å². The maximum atomic E-state index is 12.5. The third-order valence-corrected chi connectivity index (χ3v) is 5.08. The molecule has 2 aromatic carbocycles. The van der Waals surface area contributed by atoms with Crippen molar-refractivity contribution in [3.8, 4) is 5.75 Å². The number of hydrogen-bond donors (Lipinski definition) is 1. The van der Waals surface area contributed by atoms with Crippen LogP contribution in [0.1, 0.15) is 50.3 Å². The van der Waals surface area contributed by atoms with Crippen LogP contribution >= 0.6 is 0 Å². The van der Waals surface area contributed by atoms with Gasteiger partial charge in [0.15, 0.2) is 0 Å². The van der Waals surface area contributed by atoms with E-state index in [9.17, 15) is 4.79 Å². The van der Waals surface area contributed by atoms with E-state index in [-0.39, 0.29) is 17.9 Å². The summed E-state index contributed by atoms with van der Waals surface area (Å²) < 4.78 is 5.37. The number of likely N-dealkylation sites (N-methyl/N-ethyl adjacent to an activating group) is 1. The summed E-state index contributed by atoms with van der Waals surface area (Å²) in [5.74, 6) is 1.13. The summed E-state index contributed by atoms with van der Waals surface area (Å²) in [6.45, 7) is 8.84. The SMILES string of the molecule is CCN(CC)C(CNC(=O)CC(C)c1ccccc1)c1cccc(OC)c1. The predicted molar refractivity (Wildman–Crippen MR) is 111 cm³/mol. The van der Waals surface area contributed by atoms with Crippen LogP contribution in [-0.4, -0.2) is 37.6 Å². The van der Waals surface area contributed by atoms with Crippen LogP contribution in [0.5, 0.6) is 5.75 Å². The van der Waals surface area contributed by atoms with Crippen LogP contribution in [0.2, 0.25) is 0 Å². The summed E-state index contributed by atoms with van der Waals surface area (Å²) in [5.41, 5.74) is 2.36. The fraction of sp³-hybridized carbons (Fsp3) is 0.435. The summed E-state index contributed by atoms with van der Waals surface area (Å²) in [5, 5.41) is 3.15. The van der Waals surface area contributed by atoms with Crippen molar-refractivity contribution in [1.29, 1.82) is 0 Å². The lowest BCUT2D eigenvalue weighted by atomic mass is 9.97. The maximum Gasteiger partial charge on any atom is 0.220 e. The Morgan fingerprint density at radius 2 is 1.70 bits per heavy atom. The highest BCUT2D eigenvalue weighted by molar-refractivity contribution is 5.76. The zero-order valence-corrected chi connectivity index (χ0v) is 16.9. The molecule has 0 heterocycles. The van der Waals surface area contributed by atoms with Crippen molar-refractivity contribution in [2.75, 3.05) is 26.7 Å². The number of nitrogens with one attached hydrogen (secondary N) is 1. The van der Waals surface area contributed by atoms with E-state index in [4.69, 9.17) is 4.74 Å². The number of ether oxygens (including phenoxy) is 1. The normalized spacial score (nSPS) is 13.2. The lowest BCUT2D eigenvalue weighted by Crippen LogP contribution is -2.38. The van der Waals surface area contributed by atoms with E-state index in [1.807, 2.05) is 30.3 Å². The molecule has 0 aromatic heterocycles. The summed E-state index contributed by atoms with van der Waals surface area (Å²) in [4.78, 5) is 14.9. The smallest absolute Gasteiger partial charge is 0.220 e. The second-order valence-electron chi connectivity index (χ2n) is 6.83. The first-order chi connectivity index (χ1) is 13.1. The number of rotatable bonds is 10. The van der Waals surface area contributed by atoms with Crippen molar-refractivity contribution in [3.63, 3.8) is 0 Å². The molecule has 2 aromatic rings. The van der Waals surface area contributed by atoms with Gasteiger partial charge in [0.2, 0.25) is 5.91 Å². The Kier molecular flexibility index (Phi) is 8.34. The highest BCUT2D eigenvalue weighted by Gasteiger charge is 2.20. The molecule has 1 amide bonds. The summed E-state index contributed by atoms with van der Waals surface area (Å²) in [6, 6.07) is 18.4. The van der Waals surface area contributed by atoms with Gasteiger partial charge in [-0.15, -0.1) is 0 Å². The molecule has 4 nitrogen and oxygen atoms in total. The van der Waals surface area contributed by atoms with E-state index < -0.39 is 0 Å². The molecule has 0 spiro atoms. The number of hydrogen-bond acceptors (Lipinski definition) is 3. The van der Waals surface area contributed by atoms with Gasteiger partial charge in [-0.2, -0.15) is 0 Å². The number of carbonyl (C=O) groups excluding carboxylic acids is 1. The van der Waals surface area contributed by atoms with Gasteiger partial charge in [0, 0.05) is 13.0 Å². The topological polar surface area (TPSA) is 41.6 Å². The monoisotopic (exact) mass is 368 g/mol. The number of nitrogens with zero attached hydrogens (tertiary/aromatic N) is 1. The third-order valence-electron chi connectivity index (χ3n) is 5.08. The van der Waals surface area contributed by atoms with Crippen molar-refractivity contribution >= 4 is 5.91 Å². The zero-order valence-electron chi connectivity index (χ0n) is 16.9. The average molecular weight is 369 g/mol. The Balaban J connectivity index is 2.03.